The molecule has 0 saturated carbocycles. The van der Waals surface area contributed by atoms with Gasteiger partial charge in [0.1, 0.15) is 5.75 Å². The predicted octanol–water partition coefficient (Wildman–Crippen LogP) is 4.30. The summed E-state index contributed by atoms with van der Waals surface area (Å²) in [5.74, 6) is 0.389. The lowest BCUT2D eigenvalue weighted by atomic mass is 9.87. The Balaban J connectivity index is 1.74. The van der Waals surface area contributed by atoms with Gasteiger partial charge in [0.05, 0.1) is 7.11 Å². The van der Waals surface area contributed by atoms with Crippen molar-refractivity contribution in [1.82, 2.24) is 10.2 Å². The molecule has 0 spiro atoms. The summed E-state index contributed by atoms with van der Waals surface area (Å²) in [5.41, 5.74) is 2.60. The Morgan fingerprint density at radius 1 is 1.08 bits per heavy atom. The average Bonchev–Trinajstić information content (AvgIpc) is 3.12. The van der Waals surface area contributed by atoms with Gasteiger partial charge >= 0.3 is 11.8 Å². The number of aromatic nitrogens is 2. The maximum atomic E-state index is 12.3. The summed E-state index contributed by atoms with van der Waals surface area (Å²) in [4.78, 5) is 12.3. The maximum absolute atomic E-state index is 12.3. The van der Waals surface area contributed by atoms with Gasteiger partial charge in [-0.15, -0.1) is 10.2 Å². The number of hydrogen-bond acceptors (Lipinski definition) is 5. The van der Waals surface area contributed by atoms with Crippen molar-refractivity contribution in [2.45, 2.75) is 26.2 Å². The quantitative estimate of drug-likeness (QED) is 0.758. The van der Waals surface area contributed by atoms with Crippen LogP contribution in [0.3, 0.4) is 0 Å². The van der Waals surface area contributed by atoms with Crippen molar-refractivity contribution in [2.75, 3.05) is 12.4 Å². The van der Waals surface area contributed by atoms with E-state index in [1.165, 1.54) is 5.56 Å². The second kappa shape index (κ2) is 7.00. The van der Waals surface area contributed by atoms with E-state index in [0.29, 0.717) is 17.0 Å². The van der Waals surface area contributed by atoms with Crippen molar-refractivity contribution in [1.29, 1.82) is 0 Å². The van der Waals surface area contributed by atoms with E-state index in [-0.39, 0.29) is 17.2 Å². The highest BCUT2D eigenvalue weighted by Crippen LogP contribution is 2.25. The van der Waals surface area contributed by atoms with E-state index in [9.17, 15) is 4.79 Å². The van der Waals surface area contributed by atoms with Crippen molar-refractivity contribution in [2.24, 2.45) is 0 Å². The van der Waals surface area contributed by atoms with E-state index in [0.717, 1.165) is 0 Å². The third-order valence-electron chi connectivity index (χ3n) is 3.94. The van der Waals surface area contributed by atoms with Gasteiger partial charge in [-0.25, -0.2) is 0 Å². The van der Waals surface area contributed by atoms with Gasteiger partial charge in [0.15, 0.2) is 0 Å². The summed E-state index contributed by atoms with van der Waals surface area (Å²) in [5, 5.41) is 10.5. The molecule has 0 fully saturated rings. The van der Waals surface area contributed by atoms with Crippen LogP contribution in [-0.2, 0) is 5.41 Å². The van der Waals surface area contributed by atoms with Crippen LogP contribution >= 0.6 is 0 Å². The fourth-order valence-electron chi connectivity index (χ4n) is 2.43. The van der Waals surface area contributed by atoms with E-state index in [4.69, 9.17) is 9.15 Å². The van der Waals surface area contributed by atoms with Gasteiger partial charge in [-0.2, -0.15) is 0 Å². The van der Waals surface area contributed by atoms with Gasteiger partial charge in [0.2, 0.25) is 5.89 Å². The number of ether oxygens (including phenoxy) is 1. The number of rotatable bonds is 4. The summed E-state index contributed by atoms with van der Waals surface area (Å²) in [7, 11) is 1.58. The number of methoxy groups -OCH3 is 1. The Morgan fingerprint density at radius 2 is 1.81 bits per heavy atom. The summed E-state index contributed by atoms with van der Waals surface area (Å²) < 4.78 is 10.7. The minimum atomic E-state index is -0.449. The molecule has 0 saturated heterocycles. The summed E-state index contributed by atoms with van der Waals surface area (Å²) in [6.07, 6.45) is 0. The smallest absolute Gasteiger partial charge is 0.313 e. The zero-order valence-electron chi connectivity index (χ0n) is 15.2. The van der Waals surface area contributed by atoms with Crippen LogP contribution in [0.1, 0.15) is 37.0 Å². The number of amides is 1. The van der Waals surface area contributed by atoms with Crippen LogP contribution in [0.5, 0.6) is 5.75 Å². The number of carbonyl (C=O) groups is 1. The molecule has 0 aliphatic rings. The van der Waals surface area contributed by atoms with Crippen LogP contribution in [0.15, 0.2) is 52.9 Å². The van der Waals surface area contributed by atoms with E-state index in [2.05, 4.69) is 36.3 Å². The highest BCUT2D eigenvalue weighted by Gasteiger charge is 2.17. The number of anilines is 1. The first kappa shape index (κ1) is 17.7. The molecule has 0 bridgehead atoms. The molecule has 2 aromatic carbocycles. The van der Waals surface area contributed by atoms with Crippen molar-refractivity contribution >= 4 is 11.6 Å². The molecule has 1 heterocycles. The van der Waals surface area contributed by atoms with Crippen LogP contribution < -0.4 is 10.1 Å². The minimum absolute atomic E-state index is 0.0562. The van der Waals surface area contributed by atoms with Gasteiger partial charge in [0.25, 0.3) is 0 Å². The van der Waals surface area contributed by atoms with Gasteiger partial charge in [-0.05, 0) is 41.3 Å². The zero-order chi connectivity index (χ0) is 18.7. The highest BCUT2D eigenvalue weighted by atomic mass is 16.5. The number of benzene rings is 2. The molecule has 0 aliphatic carbocycles. The third-order valence-corrected chi connectivity index (χ3v) is 3.94. The van der Waals surface area contributed by atoms with E-state index in [1.807, 2.05) is 42.5 Å². The first-order valence-electron chi connectivity index (χ1n) is 8.26. The van der Waals surface area contributed by atoms with Crippen LogP contribution in [0.25, 0.3) is 11.5 Å². The number of hydrogen-bond donors (Lipinski definition) is 1. The van der Waals surface area contributed by atoms with Crippen LogP contribution in [0.2, 0.25) is 0 Å². The van der Waals surface area contributed by atoms with Gasteiger partial charge in [-0.3, -0.25) is 4.79 Å². The summed E-state index contributed by atoms with van der Waals surface area (Å²) >= 11 is 0. The fraction of sp³-hybridized carbons (Fsp3) is 0.250. The molecule has 6 heteroatoms. The number of carbonyl (C=O) groups excluding carboxylic acids is 1. The van der Waals surface area contributed by atoms with Crippen LogP contribution in [0.4, 0.5) is 5.69 Å². The second-order valence-corrected chi connectivity index (χ2v) is 6.93. The molecule has 0 aliphatic heterocycles. The van der Waals surface area contributed by atoms with Crippen molar-refractivity contribution in [3.8, 4) is 17.2 Å². The molecule has 0 atom stereocenters. The Hall–Kier alpha value is -3.15. The monoisotopic (exact) mass is 351 g/mol. The van der Waals surface area contributed by atoms with Crippen LogP contribution in [-0.4, -0.2) is 23.2 Å². The van der Waals surface area contributed by atoms with Crippen molar-refractivity contribution < 1.29 is 13.9 Å². The van der Waals surface area contributed by atoms with E-state index < -0.39 is 5.91 Å². The first-order chi connectivity index (χ1) is 12.4. The molecular weight excluding hydrogens is 330 g/mol. The van der Waals surface area contributed by atoms with Crippen molar-refractivity contribution in [3.05, 3.63) is 60.0 Å². The lowest BCUT2D eigenvalue weighted by Crippen LogP contribution is -2.14. The number of nitrogens with zero attached hydrogens (tertiary/aromatic N) is 2. The lowest BCUT2D eigenvalue weighted by Gasteiger charge is -2.19. The average molecular weight is 351 g/mol. The van der Waals surface area contributed by atoms with Crippen molar-refractivity contribution in [3.63, 3.8) is 0 Å². The Labute approximate surface area is 152 Å². The summed E-state index contributed by atoms with van der Waals surface area (Å²) in [6, 6.07) is 14.9. The largest absolute Gasteiger partial charge is 0.497 e. The Bertz CT molecular complexity index is 909. The van der Waals surface area contributed by atoms with Crippen LogP contribution in [0, 0.1) is 0 Å². The number of nitrogens with one attached hydrogen (secondary N) is 1. The van der Waals surface area contributed by atoms with Gasteiger partial charge < -0.3 is 14.5 Å². The SMILES string of the molecule is COc1cccc(-c2nnc(C(=O)Nc3ccc(C(C)(C)C)cc3)o2)c1. The molecule has 1 aromatic heterocycles. The van der Waals surface area contributed by atoms with Gasteiger partial charge in [0, 0.05) is 11.3 Å². The molecule has 1 N–H and O–H groups in total. The molecule has 0 unspecified atom stereocenters. The Morgan fingerprint density at radius 3 is 2.46 bits per heavy atom. The standard InChI is InChI=1S/C20H21N3O3/c1-20(2,3)14-8-10-15(11-9-14)21-17(24)19-23-22-18(26-19)13-6-5-7-16(12-13)25-4/h5-12H,1-4H3,(H,21,24). The van der Waals surface area contributed by atoms with Gasteiger partial charge in [-0.1, -0.05) is 39.0 Å². The Kier molecular flexibility index (Phi) is 4.75. The molecule has 134 valence electrons. The predicted molar refractivity (Wildman–Crippen MR) is 99.4 cm³/mol. The molecule has 3 rings (SSSR count). The second-order valence-electron chi connectivity index (χ2n) is 6.93. The highest BCUT2D eigenvalue weighted by molar-refractivity contribution is 6.00. The van der Waals surface area contributed by atoms with E-state index in [1.54, 1.807) is 13.2 Å². The first-order valence-corrected chi connectivity index (χ1v) is 8.26. The lowest BCUT2D eigenvalue weighted by molar-refractivity contribution is 0.0991. The molecular formula is C20H21N3O3. The molecule has 6 nitrogen and oxygen atoms in total. The fourth-order valence-corrected chi connectivity index (χ4v) is 2.43. The zero-order valence-corrected chi connectivity index (χ0v) is 15.2. The minimum Gasteiger partial charge on any atom is -0.497 e. The molecule has 0 radical (unpaired) electrons. The molecule has 26 heavy (non-hydrogen) atoms. The third kappa shape index (κ3) is 3.91. The topological polar surface area (TPSA) is 77.2 Å². The van der Waals surface area contributed by atoms with E-state index >= 15 is 0 Å². The molecule has 1 amide bonds. The summed E-state index contributed by atoms with van der Waals surface area (Å²) in [6.45, 7) is 6.41. The molecule has 3 aromatic rings. The normalized spacial score (nSPS) is 11.2. The maximum Gasteiger partial charge on any atom is 0.313 e.